The molecule has 0 atom stereocenters. The van der Waals surface area contributed by atoms with Crippen LogP contribution in [0, 0.1) is 0 Å². The normalized spacial score (nSPS) is 12.4. The molecule has 0 amide bonds. The lowest BCUT2D eigenvalue weighted by molar-refractivity contribution is -0.137. The number of aromatic nitrogens is 2. The molecule has 0 aliphatic carbocycles. The van der Waals surface area contributed by atoms with Gasteiger partial charge in [0.1, 0.15) is 0 Å². The van der Waals surface area contributed by atoms with Gasteiger partial charge in [-0.15, -0.1) is 0 Å². The van der Waals surface area contributed by atoms with Crippen LogP contribution in [0.5, 0.6) is 0 Å². The highest BCUT2D eigenvalue weighted by Crippen LogP contribution is 2.31. The highest BCUT2D eigenvalue weighted by atomic mass is 32.2. The number of anilines is 1. The lowest BCUT2D eigenvalue weighted by Crippen LogP contribution is -2.16. The van der Waals surface area contributed by atoms with Gasteiger partial charge in [0.25, 0.3) is 10.0 Å². The average molecular weight is 320 g/mol. The van der Waals surface area contributed by atoms with E-state index in [0.29, 0.717) is 6.07 Å². The molecule has 114 valence electrons. The van der Waals surface area contributed by atoms with Crippen molar-refractivity contribution in [3.05, 3.63) is 41.6 Å². The molecule has 0 saturated heterocycles. The van der Waals surface area contributed by atoms with Gasteiger partial charge in [0.05, 0.1) is 11.8 Å². The van der Waals surface area contributed by atoms with E-state index in [4.69, 9.17) is 5.73 Å². The van der Waals surface area contributed by atoms with Gasteiger partial charge in [-0.2, -0.15) is 26.7 Å². The summed E-state index contributed by atoms with van der Waals surface area (Å²) in [5.41, 5.74) is 4.44. The SMILES string of the molecule is NCc1cn[nH]c1S(=O)(=O)Nc1cccc(C(F)(F)F)c1. The zero-order valence-corrected chi connectivity index (χ0v) is 11.3. The lowest BCUT2D eigenvalue weighted by Gasteiger charge is -2.11. The van der Waals surface area contributed by atoms with Gasteiger partial charge in [0.2, 0.25) is 0 Å². The Morgan fingerprint density at radius 2 is 2.05 bits per heavy atom. The standard InChI is InChI=1S/C11H11F3N4O2S/c12-11(13,14)8-2-1-3-9(4-8)18-21(19,20)10-7(5-15)6-16-17-10/h1-4,6,18H,5,15H2,(H,16,17). The summed E-state index contributed by atoms with van der Waals surface area (Å²) in [5, 5.41) is 5.54. The van der Waals surface area contributed by atoms with Crippen molar-refractivity contribution < 1.29 is 21.6 Å². The van der Waals surface area contributed by atoms with E-state index in [0.717, 1.165) is 12.1 Å². The Balaban J connectivity index is 2.34. The topological polar surface area (TPSA) is 101 Å². The average Bonchev–Trinajstić information content (AvgIpc) is 2.86. The molecule has 0 fully saturated rings. The second kappa shape index (κ2) is 5.37. The van der Waals surface area contributed by atoms with Crippen LogP contribution in [0.15, 0.2) is 35.5 Å². The highest BCUT2D eigenvalue weighted by Gasteiger charge is 2.31. The van der Waals surface area contributed by atoms with Crippen LogP contribution in [-0.2, 0) is 22.7 Å². The molecular weight excluding hydrogens is 309 g/mol. The van der Waals surface area contributed by atoms with Gasteiger partial charge in [0.15, 0.2) is 5.03 Å². The van der Waals surface area contributed by atoms with E-state index in [1.807, 2.05) is 0 Å². The van der Waals surface area contributed by atoms with Gasteiger partial charge in [-0.25, -0.2) is 0 Å². The maximum Gasteiger partial charge on any atom is 0.416 e. The largest absolute Gasteiger partial charge is 0.416 e. The van der Waals surface area contributed by atoms with Gasteiger partial charge < -0.3 is 5.73 Å². The number of nitrogens with zero attached hydrogens (tertiary/aromatic N) is 1. The fourth-order valence-electron chi connectivity index (χ4n) is 1.64. The summed E-state index contributed by atoms with van der Waals surface area (Å²) in [4.78, 5) is 0. The van der Waals surface area contributed by atoms with E-state index in [-0.39, 0.29) is 22.8 Å². The van der Waals surface area contributed by atoms with E-state index in [1.165, 1.54) is 12.3 Å². The number of halogens is 3. The second-order valence-electron chi connectivity index (χ2n) is 4.11. The smallest absolute Gasteiger partial charge is 0.326 e. The minimum Gasteiger partial charge on any atom is -0.326 e. The predicted molar refractivity (Wildman–Crippen MR) is 68.7 cm³/mol. The number of nitrogens with one attached hydrogen (secondary N) is 2. The molecule has 2 rings (SSSR count). The van der Waals surface area contributed by atoms with Gasteiger partial charge >= 0.3 is 6.18 Å². The van der Waals surface area contributed by atoms with Crippen LogP contribution in [0.3, 0.4) is 0 Å². The molecule has 0 unspecified atom stereocenters. The number of rotatable bonds is 4. The molecule has 0 bridgehead atoms. The number of benzene rings is 1. The van der Waals surface area contributed by atoms with Crippen LogP contribution in [-0.4, -0.2) is 18.6 Å². The molecule has 0 aliphatic heterocycles. The Bertz CT molecular complexity index is 740. The van der Waals surface area contributed by atoms with Gasteiger partial charge in [0, 0.05) is 17.8 Å². The Kier molecular flexibility index (Phi) is 3.92. The Morgan fingerprint density at radius 3 is 2.67 bits per heavy atom. The molecule has 1 heterocycles. The second-order valence-corrected chi connectivity index (χ2v) is 5.73. The summed E-state index contributed by atoms with van der Waals surface area (Å²) < 4.78 is 64.0. The summed E-state index contributed by atoms with van der Waals surface area (Å²) in [6.45, 7) is -0.0741. The fourth-order valence-corrected chi connectivity index (χ4v) is 2.84. The van der Waals surface area contributed by atoms with Gasteiger partial charge in [-0.3, -0.25) is 9.82 Å². The zero-order chi connectivity index (χ0) is 15.7. The lowest BCUT2D eigenvalue weighted by atomic mass is 10.2. The van der Waals surface area contributed by atoms with E-state index in [9.17, 15) is 21.6 Å². The Morgan fingerprint density at radius 1 is 1.33 bits per heavy atom. The maximum absolute atomic E-state index is 12.6. The number of alkyl halides is 3. The number of hydrogen-bond donors (Lipinski definition) is 3. The Hall–Kier alpha value is -2.07. The van der Waals surface area contributed by atoms with Crippen molar-refractivity contribution in [2.24, 2.45) is 5.73 Å². The monoisotopic (exact) mass is 320 g/mol. The third-order valence-electron chi connectivity index (χ3n) is 2.61. The molecule has 0 spiro atoms. The van der Waals surface area contributed by atoms with E-state index >= 15 is 0 Å². The summed E-state index contributed by atoms with van der Waals surface area (Å²) in [7, 11) is -4.09. The molecule has 4 N–H and O–H groups in total. The maximum atomic E-state index is 12.6. The number of sulfonamides is 1. The van der Waals surface area contributed by atoms with Crippen LogP contribution >= 0.6 is 0 Å². The third-order valence-corrected chi connectivity index (χ3v) is 4.00. The van der Waals surface area contributed by atoms with Crippen LogP contribution in [0.1, 0.15) is 11.1 Å². The number of H-pyrrole nitrogens is 1. The molecular formula is C11H11F3N4O2S. The van der Waals surface area contributed by atoms with E-state index in [1.54, 1.807) is 0 Å². The van der Waals surface area contributed by atoms with Crippen molar-refractivity contribution in [1.29, 1.82) is 0 Å². The highest BCUT2D eigenvalue weighted by molar-refractivity contribution is 7.92. The van der Waals surface area contributed by atoms with Crippen molar-refractivity contribution >= 4 is 15.7 Å². The quantitative estimate of drug-likeness (QED) is 0.798. The molecule has 6 nitrogen and oxygen atoms in total. The predicted octanol–water partition coefficient (Wildman–Crippen LogP) is 1.69. The first-order chi connectivity index (χ1) is 9.74. The number of nitrogens with two attached hydrogens (primary N) is 1. The molecule has 1 aromatic carbocycles. The minimum atomic E-state index is -4.56. The molecule has 0 radical (unpaired) electrons. The zero-order valence-electron chi connectivity index (χ0n) is 10.5. The number of hydrogen-bond acceptors (Lipinski definition) is 4. The summed E-state index contributed by atoms with van der Waals surface area (Å²) >= 11 is 0. The van der Waals surface area contributed by atoms with Crippen LogP contribution < -0.4 is 10.5 Å². The molecule has 10 heteroatoms. The first kappa shape index (κ1) is 15.3. The molecule has 0 aliphatic rings. The molecule has 0 saturated carbocycles. The van der Waals surface area contributed by atoms with E-state index < -0.39 is 21.8 Å². The summed E-state index contributed by atoms with van der Waals surface area (Å²) in [6, 6.07) is 3.87. The molecule has 21 heavy (non-hydrogen) atoms. The third kappa shape index (κ3) is 3.34. The Labute approximate surface area is 118 Å². The van der Waals surface area contributed by atoms with Crippen molar-refractivity contribution in [1.82, 2.24) is 10.2 Å². The summed E-state index contributed by atoms with van der Waals surface area (Å²) in [5.74, 6) is 0. The number of aromatic amines is 1. The van der Waals surface area contributed by atoms with Gasteiger partial charge in [-0.1, -0.05) is 6.07 Å². The molecule has 1 aromatic heterocycles. The van der Waals surface area contributed by atoms with Crippen LogP contribution in [0.4, 0.5) is 18.9 Å². The van der Waals surface area contributed by atoms with Crippen molar-refractivity contribution in [2.45, 2.75) is 17.7 Å². The van der Waals surface area contributed by atoms with E-state index in [2.05, 4.69) is 14.9 Å². The summed E-state index contributed by atoms with van der Waals surface area (Å²) in [6.07, 6.45) is -3.32. The van der Waals surface area contributed by atoms with Crippen LogP contribution in [0.2, 0.25) is 0 Å². The first-order valence-corrected chi connectivity index (χ1v) is 7.15. The van der Waals surface area contributed by atoms with Crippen molar-refractivity contribution in [2.75, 3.05) is 4.72 Å². The van der Waals surface area contributed by atoms with Crippen molar-refractivity contribution in [3.63, 3.8) is 0 Å². The fraction of sp³-hybridized carbons (Fsp3) is 0.182. The van der Waals surface area contributed by atoms with Crippen LogP contribution in [0.25, 0.3) is 0 Å². The van der Waals surface area contributed by atoms with Crippen molar-refractivity contribution in [3.8, 4) is 0 Å². The van der Waals surface area contributed by atoms with Gasteiger partial charge in [-0.05, 0) is 18.2 Å². The molecule has 2 aromatic rings. The minimum absolute atomic E-state index is 0.0741. The first-order valence-electron chi connectivity index (χ1n) is 5.66.